The summed E-state index contributed by atoms with van der Waals surface area (Å²) in [5.41, 5.74) is 2.17. The van der Waals surface area contributed by atoms with E-state index in [1.54, 1.807) is 12.1 Å². The van der Waals surface area contributed by atoms with E-state index < -0.39 is 10.0 Å². The van der Waals surface area contributed by atoms with Crippen LogP contribution >= 0.6 is 0 Å². The molecule has 0 radical (unpaired) electrons. The molecule has 0 saturated heterocycles. The van der Waals surface area contributed by atoms with Gasteiger partial charge in [0, 0.05) is 34.9 Å². The lowest BCUT2D eigenvalue weighted by Crippen LogP contribution is -2.23. The Morgan fingerprint density at radius 1 is 1.06 bits per heavy atom. The van der Waals surface area contributed by atoms with Crippen molar-refractivity contribution in [2.75, 3.05) is 5.32 Å². The number of sulfonamides is 1. The Balaban J connectivity index is 1.43. The number of carbonyl (C=O) groups is 1. The van der Waals surface area contributed by atoms with Gasteiger partial charge in [-0.1, -0.05) is 13.8 Å². The van der Waals surface area contributed by atoms with Crippen LogP contribution in [0.3, 0.4) is 0 Å². The van der Waals surface area contributed by atoms with Crippen molar-refractivity contribution in [2.24, 2.45) is 5.92 Å². The van der Waals surface area contributed by atoms with Crippen molar-refractivity contribution in [3.8, 4) is 0 Å². The number of aromatic nitrogens is 1. The molecule has 0 bridgehead atoms. The molecular weight excluding hydrogens is 426 g/mol. The highest BCUT2D eigenvalue weighted by Crippen LogP contribution is 2.22. The minimum Gasteiger partial charge on any atom is -0.468 e. The third kappa shape index (κ3) is 4.92. The Morgan fingerprint density at radius 3 is 2.53 bits per heavy atom. The summed E-state index contributed by atoms with van der Waals surface area (Å²) in [6.07, 6.45) is 3.53. The van der Waals surface area contributed by atoms with Crippen LogP contribution in [0.15, 0.2) is 82.4 Å². The second-order valence-corrected chi connectivity index (χ2v) is 9.78. The number of benzene rings is 2. The van der Waals surface area contributed by atoms with Crippen LogP contribution in [0, 0.1) is 5.92 Å². The predicted octanol–water partition coefficient (Wildman–Crippen LogP) is 4.62. The minimum absolute atomic E-state index is 0.0545. The zero-order chi connectivity index (χ0) is 22.7. The molecule has 4 rings (SSSR count). The summed E-state index contributed by atoms with van der Waals surface area (Å²) < 4.78 is 34.7. The van der Waals surface area contributed by atoms with Crippen LogP contribution in [-0.2, 0) is 23.1 Å². The van der Waals surface area contributed by atoms with Crippen LogP contribution in [0.4, 0.5) is 5.69 Å². The highest BCUT2D eigenvalue weighted by atomic mass is 32.2. The third-order valence-electron chi connectivity index (χ3n) is 5.03. The first kappa shape index (κ1) is 21.9. The number of hydrogen-bond acceptors (Lipinski definition) is 4. The predicted molar refractivity (Wildman–Crippen MR) is 124 cm³/mol. The Morgan fingerprint density at radius 2 is 1.84 bits per heavy atom. The zero-order valence-corrected chi connectivity index (χ0v) is 18.7. The normalized spacial score (nSPS) is 11.8. The van der Waals surface area contributed by atoms with Crippen LogP contribution in [0.5, 0.6) is 0 Å². The van der Waals surface area contributed by atoms with Crippen molar-refractivity contribution in [1.82, 2.24) is 9.29 Å². The van der Waals surface area contributed by atoms with Crippen molar-refractivity contribution < 1.29 is 17.6 Å². The maximum absolute atomic E-state index is 12.6. The van der Waals surface area contributed by atoms with E-state index in [-0.39, 0.29) is 17.3 Å². The molecule has 4 aromatic rings. The average molecular weight is 452 g/mol. The molecule has 0 spiro atoms. The van der Waals surface area contributed by atoms with Crippen LogP contribution in [0.25, 0.3) is 10.9 Å². The molecule has 0 saturated carbocycles. The van der Waals surface area contributed by atoms with Gasteiger partial charge in [-0.15, -0.1) is 0 Å². The summed E-state index contributed by atoms with van der Waals surface area (Å²) in [6, 6.07) is 17.0. The average Bonchev–Trinajstić information content (AvgIpc) is 3.42. The quantitative estimate of drug-likeness (QED) is 0.409. The van der Waals surface area contributed by atoms with Gasteiger partial charge in [-0.2, -0.15) is 0 Å². The van der Waals surface area contributed by atoms with Gasteiger partial charge in [-0.25, -0.2) is 13.1 Å². The van der Waals surface area contributed by atoms with Crippen LogP contribution in [0.1, 0.15) is 30.0 Å². The monoisotopic (exact) mass is 451 g/mol. The molecule has 32 heavy (non-hydrogen) atoms. The Kier molecular flexibility index (Phi) is 6.16. The smallest absolute Gasteiger partial charge is 0.255 e. The number of hydrogen-bond donors (Lipinski definition) is 2. The number of rotatable bonds is 8. The van der Waals surface area contributed by atoms with E-state index >= 15 is 0 Å². The van der Waals surface area contributed by atoms with Gasteiger partial charge in [-0.05, 0) is 66.6 Å². The van der Waals surface area contributed by atoms with Gasteiger partial charge in [0.05, 0.1) is 17.7 Å². The molecular formula is C24H25N3O4S. The van der Waals surface area contributed by atoms with Gasteiger partial charge >= 0.3 is 0 Å². The molecule has 0 aliphatic heterocycles. The number of anilines is 1. The second kappa shape index (κ2) is 9.02. The fraction of sp³-hybridized carbons (Fsp3) is 0.208. The van der Waals surface area contributed by atoms with E-state index in [9.17, 15) is 13.2 Å². The molecule has 8 heteroatoms. The standard InChI is InChI=1S/C24H25N3O4S/c1-17(2)16-27-12-11-19-14-20(7-10-23(19)27)26-24(28)18-5-8-22(9-6-18)32(29,30)25-15-21-4-3-13-31-21/h3-14,17,25H,15-16H2,1-2H3,(H,26,28). The second-order valence-electron chi connectivity index (χ2n) is 8.02. The van der Waals surface area contributed by atoms with E-state index in [1.807, 2.05) is 24.3 Å². The molecule has 2 aromatic carbocycles. The molecule has 0 aliphatic rings. The molecule has 1 amide bonds. The first-order valence-electron chi connectivity index (χ1n) is 10.3. The largest absolute Gasteiger partial charge is 0.468 e. The lowest BCUT2D eigenvalue weighted by Gasteiger charge is -2.10. The van der Waals surface area contributed by atoms with Gasteiger partial charge in [0.2, 0.25) is 10.0 Å². The van der Waals surface area contributed by atoms with Crippen molar-refractivity contribution >= 4 is 32.5 Å². The Labute approximate surface area is 187 Å². The molecule has 2 heterocycles. The first-order chi connectivity index (χ1) is 15.3. The van der Waals surface area contributed by atoms with E-state index in [1.165, 1.54) is 30.5 Å². The van der Waals surface area contributed by atoms with Crippen LogP contribution in [0.2, 0.25) is 0 Å². The van der Waals surface area contributed by atoms with E-state index in [4.69, 9.17) is 4.42 Å². The fourth-order valence-electron chi connectivity index (χ4n) is 3.48. The summed E-state index contributed by atoms with van der Waals surface area (Å²) in [5.74, 6) is 0.747. The van der Waals surface area contributed by atoms with Gasteiger partial charge in [0.15, 0.2) is 0 Å². The lowest BCUT2D eigenvalue weighted by molar-refractivity contribution is 0.102. The lowest BCUT2D eigenvalue weighted by atomic mass is 10.2. The summed E-state index contributed by atoms with van der Waals surface area (Å²) in [5, 5.41) is 3.93. The third-order valence-corrected chi connectivity index (χ3v) is 6.45. The van der Waals surface area contributed by atoms with Crippen LogP contribution in [-0.4, -0.2) is 18.9 Å². The number of fused-ring (bicyclic) bond motifs is 1. The number of amides is 1. The Hall–Kier alpha value is -3.36. The van der Waals surface area contributed by atoms with Crippen molar-refractivity contribution in [3.05, 3.63) is 84.4 Å². The number of nitrogens with one attached hydrogen (secondary N) is 2. The molecule has 166 valence electrons. The van der Waals surface area contributed by atoms with Crippen molar-refractivity contribution in [3.63, 3.8) is 0 Å². The molecule has 0 fully saturated rings. The highest BCUT2D eigenvalue weighted by Gasteiger charge is 2.16. The topological polar surface area (TPSA) is 93.3 Å². The number of nitrogens with zero attached hydrogens (tertiary/aromatic N) is 1. The van der Waals surface area contributed by atoms with E-state index in [0.29, 0.717) is 22.9 Å². The molecule has 0 aliphatic carbocycles. The zero-order valence-electron chi connectivity index (χ0n) is 17.9. The van der Waals surface area contributed by atoms with Gasteiger partial charge in [0.1, 0.15) is 5.76 Å². The van der Waals surface area contributed by atoms with Crippen LogP contribution < -0.4 is 10.0 Å². The summed E-state index contributed by atoms with van der Waals surface area (Å²) in [6.45, 7) is 5.33. The first-order valence-corrected chi connectivity index (χ1v) is 11.8. The fourth-order valence-corrected chi connectivity index (χ4v) is 4.48. The maximum Gasteiger partial charge on any atom is 0.255 e. The summed E-state index contributed by atoms with van der Waals surface area (Å²) in [4.78, 5) is 12.7. The Bertz CT molecular complexity index is 1320. The number of furan rings is 1. The molecule has 2 N–H and O–H groups in total. The summed E-state index contributed by atoms with van der Waals surface area (Å²) >= 11 is 0. The van der Waals surface area contributed by atoms with E-state index in [2.05, 4.69) is 34.7 Å². The summed E-state index contributed by atoms with van der Waals surface area (Å²) in [7, 11) is -3.71. The van der Waals surface area contributed by atoms with Crippen molar-refractivity contribution in [1.29, 1.82) is 0 Å². The SMILES string of the molecule is CC(C)Cn1ccc2cc(NC(=O)c3ccc(S(=O)(=O)NCc4ccco4)cc3)ccc21. The van der Waals surface area contributed by atoms with Crippen molar-refractivity contribution in [2.45, 2.75) is 31.8 Å². The van der Waals surface area contributed by atoms with E-state index in [0.717, 1.165) is 17.4 Å². The molecule has 0 unspecified atom stereocenters. The molecule has 2 aromatic heterocycles. The molecule has 0 atom stereocenters. The van der Waals surface area contributed by atoms with Gasteiger partial charge in [0.25, 0.3) is 5.91 Å². The number of carbonyl (C=O) groups excluding carboxylic acids is 1. The highest BCUT2D eigenvalue weighted by molar-refractivity contribution is 7.89. The maximum atomic E-state index is 12.6. The van der Waals surface area contributed by atoms with Gasteiger partial charge in [-0.3, -0.25) is 4.79 Å². The van der Waals surface area contributed by atoms with Gasteiger partial charge < -0.3 is 14.3 Å². The minimum atomic E-state index is -3.71. The molecule has 7 nitrogen and oxygen atoms in total.